The van der Waals surface area contributed by atoms with Crippen LogP contribution in [0.25, 0.3) is 0 Å². The number of carbonyl (C=O) groups is 1. The van der Waals surface area contributed by atoms with Gasteiger partial charge < -0.3 is 16.4 Å². The molecule has 0 saturated heterocycles. The van der Waals surface area contributed by atoms with E-state index in [0.717, 1.165) is 15.8 Å². The quantitative estimate of drug-likeness (QED) is 0.312. The number of nitrogens with two attached hydrogens (primary N) is 1. The van der Waals surface area contributed by atoms with Crippen LogP contribution < -0.4 is 16.4 Å². The molecule has 0 spiro atoms. The lowest BCUT2D eigenvalue weighted by atomic mass is 10.1. The number of amides is 1. The molecule has 4 N–H and O–H groups in total. The molecule has 2 aromatic rings. The highest BCUT2D eigenvalue weighted by Gasteiger charge is 2.02. The first kappa shape index (κ1) is 21.4. The highest BCUT2D eigenvalue weighted by atomic mass is 127. The fourth-order valence-corrected chi connectivity index (χ4v) is 2.31. The Kier molecular flexibility index (Phi) is 8.91. The highest BCUT2D eigenvalue weighted by Crippen LogP contribution is 2.15. The number of anilines is 2. The highest BCUT2D eigenvalue weighted by molar-refractivity contribution is 14.0. The molecular formula is C18H22BrIN4O. The van der Waals surface area contributed by atoms with E-state index in [2.05, 4.69) is 38.5 Å². The molecule has 2 rings (SSSR count). The normalized spacial score (nSPS) is 10.8. The van der Waals surface area contributed by atoms with E-state index in [1.807, 2.05) is 49.4 Å². The molecule has 0 atom stereocenters. The molecule has 0 heterocycles. The Balaban J connectivity index is 0.00000312. The standard InChI is InChI=1S/C18H21BrN4O.HI/c1-12-3-6-16(11-13(12)2)23-18(20)21-10-9-17(24)22-15-7-4-14(19)5-8-15;/h3-8,11H,9-10H2,1-2H3,(H,22,24)(H3,20,21,23);1H. The third kappa shape index (κ3) is 7.43. The third-order valence-electron chi connectivity index (χ3n) is 3.53. The van der Waals surface area contributed by atoms with Crippen LogP contribution in [0.5, 0.6) is 0 Å². The molecule has 0 radical (unpaired) electrons. The zero-order chi connectivity index (χ0) is 17.5. The Hall–Kier alpha value is -1.61. The zero-order valence-electron chi connectivity index (χ0n) is 14.2. The molecule has 0 fully saturated rings. The van der Waals surface area contributed by atoms with Crippen LogP contribution in [-0.2, 0) is 4.79 Å². The van der Waals surface area contributed by atoms with E-state index in [1.54, 1.807) is 0 Å². The van der Waals surface area contributed by atoms with Crippen molar-refractivity contribution in [2.75, 3.05) is 17.2 Å². The van der Waals surface area contributed by atoms with Crippen molar-refractivity contribution in [3.05, 3.63) is 58.1 Å². The maximum atomic E-state index is 11.9. The molecule has 25 heavy (non-hydrogen) atoms. The second-order valence-corrected chi connectivity index (χ2v) is 6.41. The minimum absolute atomic E-state index is 0. The zero-order valence-corrected chi connectivity index (χ0v) is 18.1. The van der Waals surface area contributed by atoms with E-state index >= 15 is 0 Å². The summed E-state index contributed by atoms with van der Waals surface area (Å²) in [5.41, 5.74) is 9.90. The van der Waals surface area contributed by atoms with Crippen LogP contribution in [0, 0.1) is 13.8 Å². The molecular weight excluding hydrogens is 495 g/mol. The number of hydrogen-bond donors (Lipinski definition) is 3. The van der Waals surface area contributed by atoms with Crippen LogP contribution >= 0.6 is 39.9 Å². The summed E-state index contributed by atoms with van der Waals surface area (Å²) in [5.74, 6) is 0.203. The lowest BCUT2D eigenvalue weighted by Gasteiger charge is -2.08. The van der Waals surface area contributed by atoms with Gasteiger partial charge in [0.05, 0.1) is 6.54 Å². The van der Waals surface area contributed by atoms with Crippen LogP contribution in [0.3, 0.4) is 0 Å². The van der Waals surface area contributed by atoms with Crippen LogP contribution in [0.2, 0.25) is 0 Å². The van der Waals surface area contributed by atoms with Crippen molar-refractivity contribution in [3.63, 3.8) is 0 Å². The van der Waals surface area contributed by atoms with Gasteiger partial charge in [0.2, 0.25) is 5.91 Å². The van der Waals surface area contributed by atoms with Crippen molar-refractivity contribution in [3.8, 4) is 0 Å². The van der Waals surface area contributed by atoms with Gasteiger partial charge in [-0.2, -0.15) is 0 Å². The third-order valence-corrected chi connectivity index (χ3v) is 4.06. The summed E-state index contributed by atoms with van der Waals surface area (Å²) >= 11 is 3.35. The SMILES string of the molecule is Cc1ccc(NC(N)=NCCC(=O)Nc2ccc(Br)cc2)cc1C.I. The average molecular weight is 517 g/mol. The number of carbonyl (C=O) groups excluding carboxylic acids is 1. The van der Waals surface area contributed by atoms with E-state index in [-0.39, 0.29) is 36.3 Å². The topological polar surface area (TPSA) is 79.5 Å². The summed E-state index contributed by atoms with van der Waals surface area (Å²) < 4.78 is 0.968. The van der Waals surface area contributed by atoms with Crippen molar-refractivity contribution < 1.29 is 4.79 Å². The number of aryl methyl sites for hydroxylation is 2. The van der Waals surface area contributed by atoms with E-state index < -0.39 is 0 Å². The van der Waals surface area contributed by atoms with Gasteiger partial charge >= 0.3 is 0 Å². The second kappa shape index (κ2) is 10.4. The van der Waals surface area contributed by atoms with E-state index in [1.165, 1.54) is 11.1 Å². The Morgan fingerprint density at radius 1 is 1.04 bits per heavy atom. The van der Waals surface area contributed by atoms with E-state index in [4.69, 9.17) is 5.73 Å². The van der Waals surface area contributed by atoms with E-state index in [9.17, 15) is 4.79 Å². The first-order chi connectivity index (χ1) is 11.4. The average Bonchev–Trinajstić information content (AvgIpc) is 2.53. The van der Waals surface area contributed by atoms with E-state index in [0.29, 0.717) is 12.5 Å². The molecule has 0 aromatic heterocycles. The van der Waals surface area contributed by atoms with Crippen molar-refractivity contribution in [1.82, 2.24) is 0 Å². The molecule has 0 saturated carbocycles. The second-order valence-electron chi connectivity index (χ2n) is 5.50. The van der Waals surface area contributed by atoms with Crippen molar-refractivity contribution >= 4 is 63.1 Å². The molecule has 0 aliphatic rings. The molecule has 0 unspecified atom stereocenters. The Morgan fingerprint density at radius 3 is 2.32 bits per heavy atom. The Bertz CT molecular complexity index is 747. The van der Waals surface area contributed by atoms with Gasteiger partial charge in [0.25, 0.3) is 0 Å². The smallest absolute Gasteiger partial charge is 0.226 e. The summed E-state index contributed by atoms with van der Waals surface area (Å²) in [6, 6.07) is 13.4. The fraction of sp³-hybridized carbons (Fsp3) is 0.222. The van der Waals surface area contributed by atoms with Gasteiger partial charge in [0.1, 0.15) is 0 Å². The van der Waals surface area contributed by atoms with Crippen molar-refractivity contribution in [1.29, 1.82) is 0 Å². The van der Waals surface area contributed by atoms with Gasteiger partial charge in [-0.15, -0.1) is 24.0 Å². The van der Waals surface area contributed by atoms with Gasteiger partial charge in [0, 0.05) is 22.3 Å². The maximum Gasteiger partial charge on any atom is 0.226 e. The maximum absolute atomic E-state index is 11.9. The Labute approximate surface area is 173 Å². The summed E-state index contributed by atoms with van der Waals surface area (Å²) in [4.78, 5) is 16.0. The lowest BCUT2D eigenvalue weighted by molar-refractivity contribution is -0.116. The summed E-state index contributed by atoms with van der Waals surface area (Å²) in [6.45, 7) is 4.42. The number of halogens is 2. The predicted octanol–water partition coefficient (Wildman–Crippen LogP) is 4.44. The number of nitrogens with zero attached hydrogens (tertiary/aromatic N) is 1. The van der Waals surface area contributed by atoms with Crippen LogP contribution in [0.1, 0.15) is 17.5 Å². The summed E-state index contributed by atoms with van der Waals surface area (Å²) in [5, 5.41) is 5.85. The monoisotopic (exact) mass is 516 g/mol. The van der Waals surface area contributed by atoms with Crippen molar-refractivity contribution in [2.45, 2.75) is 20.3 Å². The molecule has 2 aromatic carbocycles. The molecule has 1 amide bonds. The van der Waals surface area contributed by atoms with Gasteiger partial charge in [0.15, 0.2) is 5.96 Å². The first-order valence-corrected chi connectivity index (χ1v) is 8.43. The molecule has 0 aliphatic carbocycles. The molecule has 0 bridgehead atoms. The van der Waals surface area contributed by atoms with Gasteiger partial charge in [-0.25, -0.2) is 0 Å². The Morgan fingerprint density at radius 2 is 1.68 bits per heavy atom. The largest absolute Gasteiger partial charge is 0.370 e. The molecule has 134 valence electrons. The number of benzene rings is 2. The van der Waals surface area contributed by atoms with Gasteiger partial charge in [-0.05, 0) is 61.4 Å². The van der Waals surface area contributed by atoms with Gasteiger partial charge in [-0.1, -0.05) is 22.0 Å². The number of rotatable bonds is 5. The van der Waals surface area contributed by atoms with Crippen molar-refractivity contribution in [2.24, 2.45) is 10.7 Å². The first-order valence-electron chi connectivity index (χ1n) is 7.63. The van der Waals surface area contributed by atoms with Crippen LogP contribution in [-0.4, -0.2) is 18.4 Å². The number of guanidine groups is 1. The van der Waals surface area contributed by atoms with Crippen LogP contribution in [0.4, 0.5) is 11.4 Å². The number of nitrogens with one attached hydrogen (secondary N) is 2. The molecule has 0 aliphatic heterocycles. The fourth-order valence-electron chi connectivity index (χ4n) is 2.04. The molecule has 5 nitrogen and oxygen atoms in total. The number of aliphatic imine (C=N–C) groups is 1. The van der Waals surface area contributed by atoms with Crippen LogP contribution in [0.15, 0.2) is 51.9 Å². The molecule has 7 heteroatoms. The number of hydrogen-bond acceptors (Lipinski definition) is 2. The minimum Gasteiger partial charge on any atom is -0.370 e. The predicted molar refractivity (Wildman–Crippen MR) is 119 cm³/mol. The lowest BCUT2D eigenvalue weighted by Crippen LogP contribution is -2.23. The van der Waals surface area contributed by atoms with Gasteiger partial charge in [-0.3, -0.25) is 9.79 Å². The summed E-state index contributed by atoms with van der Waals surface area (Å²) in [7, 11) is 0. The minimum atomic E-state index is -0.0972. The summed E-state index contributed by atoms with van der Waals surface area (Å²) in [6.07, 6.45) is 0.269.